The molecule has 0 unspecified atom stereocenters. The molecule has 1 fully saturated rings. The lowest BCUT2D eigenvalue weighted by molar-refractivity contribution is -0.121. The number of aromatic nitrogens is 3. The van der Waals surface area contributed by atoms with Gasteiger partial charge in [0.2, 0.25) is 5.91 Å². The number of nitrogens with zero attached hydrogens (tertiary/aromatic N) is 4. The molecular formula is C23H31N5O2. The summed E-state index contributed by atoms with van der Waals surface area (Å²) in [4.78, 5) is 27.7. The first-order chi connectivity index (χ1) is 14.6. The number of carbonyl (C=O) groups excluding carboxylic acids is 1. The Labute approximate surface area is 176 Å². The van der Waals surface area contributed by atoms with Crippen LogP contribution >= 0.6 is 0 Å². The lowest BCUT2D eigenvalue weighted by atomic mass is 9.94. The largest absolute Gasteiger partial charge is 0.354 e. The average molecular weight is 410 g/mol. The number of nitrogens with one attached hydrogen (secondary N) is 1. The monoisotopic (exact) mass is 409 g/mol. The van der Waals surface area contributed by atoms with Crippen LogP contribution in [0.15, 0.2) is 35.3 Å². The molecule has 1 aromatic carbocycles. The lowest BCUT2D eigenvalue weighted by Crippen LogP contribution is -2.37. The van der Waals surface area contributed by atoms with E-state index in [2.05, 4.69) is 22.4 Å². The summed E-state index contributed by atoms with van der Waals surface area (Å²) in [5, 5.41) is 9.00. The molecule has 0 bridgehead atoms. The molecule has 1 aliphatic rings. The van der Waals surface area contributed by atoms with Gasteiger partial charge in [0.25, 0.3) is 5.56 Å². The predicted molar refractivity (Wildman–Crippen MR) is 120 cm³/mol. The Morgan fingerprint density at radius 1 is 1.20 bits per heavy atom. The molecule has 1 N–H and O–H groups in total. The molecular weight excluding hydrogens is 378 g/mol. The number of benzene rings is 1. The average Bonchev–Trinajstić information content (AvgIpc) is 3.06. The van der Waals surface area contributed by atoms with Crippen LogP contribution in [-0.2, 0) is 18.4 Å². The van der Waals surface area contributed by atoms with Crippen molar-refractivity contribution in [2.24, 2.45) is 7.05 Å². The second-order valence-corrected chi connectivity index (χ2v) is 8.42. The van der Waals surface area contributed by atoms with E-state index in [0.29, 0.717) is 18.1 Å². The van der Waals surface area contributed by atoms with Gasteiger partial charge < -0.3 is 14.8 Å². The minimum atomic E-state index is -0.238. The smallest absolute Gasteiger partial charge is 0.291 e. The molecule has 4 rings (SSSR count). The number of fused-ring (bicyclic) bond motifs is 3. The van der Waals surface area contributed by atoms with Crippen molar-refractivity contribution in [2.75, 3.05) is 20.1 Å². The highest BCUT2D eigenvalue weighted by Crippen LogP contribution is 2.24. The highest BCUT2D eigenvalue weighted by molar-refractivity contribution is 6.07. The summed E-state index contributed by atoms with van der Waals surface area (Å²) in [7, 11) is 4.06. The maximum absolute atomic E-state index is 12.9. The number of rotatable bonds is 7. The summed E-state index contributed by atoms with van der Waals surface area (Å²) in [6, 6.07) is 8.56. The number of amides is 1. The van der Waals surface area contributed by atoms with Crippen molar-refractivity contribution in [3.05, 3.63) is 40.8 Å². The molecule has 1 saturated carbocycles. The predicted octanol–water partition coefficient (Wildman–Crippen LogP) is 2.66. The highest BCUT2D eigenvalue weighted by atomic mass is 16.2. The Morgan fingerprint density at radius 2 is 1.97 bits per heavy atom. The second-order valence-electron chi connectivity index (χ2n) is 8.42. The molecule has 2 heterocycles. The Kier molecular flexibility index (Phi) is 6.18. The Bertz CT molecular complexity index is 1090. The van der Waals surface area contributed by atoms with Gasteiger partial charge in [-0.05, 0) is 38.9 Å². The van der Waals surface area contributed by atoms with Crippen LogP contribution in [-0.4, -0.2) is 51.3 Å². The van der Waals surface area contributed by atoms with Crippen molar-refractivity contribution in [3.63, 3.8) is 0 Å². The summed E-state index contributed by atoms with van der Waals surface area (Å²) in [5.74, 6) is -0.178. The van der Waals surface area contributed by atoms with E-state index in [1.54, 1.807) is 6.20 Å². The van der Waals surface area contributed by atoms with Crippen LogP contribution < -0.4 is 10.9 Å². The van der Waals surface area contributed by atoms with E-state index in [1.807, 2.05) is 35.9 Å². The third-order valence-electron chi connectivity index (χ3n) is 6.41. The van der Waals surface area contributed by atoms with E-state index < -0.39 is 0 Å². The van der Waals surface area contributed by atoms with Crippen molar-refractivity contribution in [1.29, 1.82) is 0 Å². The van der Waals surface area contributed by atoms with Gasteiger partial charge in [-0.3, -0.25) is 9.59 Å². The Balaban J connectivity index is 1.35. The van der Waals surface area contributed by atoms with Gasteiger partial charge in [-0.25, -0.2) is 4.68 Å². The molecule has 0 aliphatic heterocycles. The lowest BCUT2D eigenvalue weighted by Gasteiger charge is -2.31. The van der Waals surface area contributed by atoms with E-state index in [4.69, 9.17) is 0 Å². The fourth-order valence-corrected chi connectivity index (χ4v) is 4.68. The molecule has 0 radical (unpaired) electrons. The van der Waals surface area contributed by atoms with Gasteiger partial charge >= 0.3 is 0 Å². The van der Waals surface area contributed by atoms with Crippen molar-refractivity contribution >= 4 is 27.7 Å². The van der Waals surface area contributed by atoms with Gasteiger partial charge in [0.1, 0.15) is 12.1 Å². The van der Waals surface area contributed by atoms with Crippen LogP contribution in [0.3, 0.4) is 0 Å². The standard InChI is InChI=1S/C23H31N5O2/c1-26(17-9-4-3-5-10-17)14-8-13-24-21(29)16-28-23(30)22-19(15-25-28)18-11-6-7-12-20(18)27(22)2/h6-7,11-12,15,17H,3-5,8-10,13-14,16H2,1-2H3,(H,24,29). The van der Waals surface area contributed by atoms with Gasteiger partial charge in [0.15, 0.2) is 0 Å². The Hall–Kier alpha value is -2.67. The molecule has 0 atom stereocenters. The number of hydrogen-bond acceptors (Lipinski definition) is 4. The summed E-state index contributed by atoms with van der Waals surface area (Å²) in [6.07, 6.45) is 9.18. The van der Waals surface area contributed by atoms with E-state index in [0.717, 1.165) is 29.3 Å². The van der Waals surface area contributed by atoms with E-state index in [-0.39, 0.29) is 18.0 Å². The van der Waals surface area contributed by atoms with Gasteiger partial charge in [-0.1, -0.05) is 37.5 Å². The van der Waals surface area contributed by atoms with E-state index in [1.165, 1.54) is 36.8 Å². The quantitative estimate of drug-likeness (QED) is 0.609. The van der Waals surface area contributed by atoms with Crippen molar-refractivity contribution in [3.8, 4) is 0 Å². The first-order valence-electron chi connectivity index (χ1n) is 11.0. The molecule has 160 valence electrons. The number of para-hydroxylation sites is 1. The third kappa shape index (κ3) is 4.12. The van der Waals surface area contributed by atoms with Gasteiger partial charge in [-0.15, -0.1) is 0 Å². The highest BCUT2D eigenvalue weighted by Gasteiger charge is 2.18. The Morgan fingerprint density at radius 3 is 2.77 bits per heavy atom. The molecule has 0 saturated heterocycles. The van der Waals surface area contributed by atoms with Crippen LogP contribution in [0.1, 0.15) is 38.5 Å². The minimum absolute atomic E-state index is 0.0608. The summed E-state index contributed by atoms with van der Waals surface area (Å²) in [5.41, 5.74) is 1.32. The van der Waals surface area contributed by atoms with E-state index >= 15 is 0 Å². The summed E-state index contributed by atoms with van der Waals surface area (Å²) < 4.78 is 3.13. The van der Waals surface area contributed by atoms with Crippen LogP contribution in [0.25, 0.3) is 21.8 Å². The fourth-order valence-electron chi connectivity index (χ4n) is 4.68. The maximum Gasteiger partial charge on any atom is 0.291 e. The van der Waals surface area contributed by atoms with Crippen molar-refractivity contribution in [2.45, 2.75) is 51.1 Å². The molecule has 30 heavy (non-hydrogen) atoms. The van der Waals surface area contributed by atoms with Gasteiger partial charge in [0.05, 0.1) is 6.20 Å². The zero-order valence-electron chi connectivity index (χ0n) is 17.9. The van der Waals surface area contributed by atoms with Gasteiger partial charge in [0, 0.05) is 35.9 Å². The molecule has 7 nitrogen and oxygen atoms in total. The molecule has 1 amide bonds. The second kappa shape index (κ2) is 9.00. The minimum Gasteiger partial charge on any atom is -0.354 e. The number of aryl methyl sites for hydroxylation is 1. The van der Waals surface area contributed by atoms with Crippen molar-refractivity contribution < 1.29 is 4.79 Å². The fraction of sp³-hybridized carbons (Fsp3) is 0.522. The molecule has 0 spiro atoms. The normalized spacial score (nSPS) is 15.3. The zero-order chi connectivity index (χ0) is 21.1. The van der Waals surface area contributed by atoms with Crippen LogP contribution in [0.4, 0.5) is 0 Å². The number of carbonyl (C=O) groups is 1. The summed E-state index contributed by atoms with van der Waals surface area (Å²) in [6.45, 7) is 1.53. The summed E-state index contributed by atoms with van der Waals surface area (Å²) >= 11 is 0. The molecule has 1 aliphatic carbocycles. The third-order valence-corrected chi connectivity index (χ3v) is 6.41. The molecule has 7 heteroatoms. The number of hydrogen-bond donors (Lipinski definition) is 1. The molecule has 3 aromatic rings. The van der Waals surface area contributed by atoms with Crippen LogP contribution in [0.5, 0.6) is 0 Å². The SMILES string of the molecule is CN(CCCNC(=O)Cn1ncc2c3ccccc3n(C)c2c1=O)C1CCCCC1. The topological polar surface area (TPSA) is 72.2 Å². The zero-order valence-corrected chi connectivity index (χ0v) is 17.9. The maximum atomic E-state index is 12.9. The van der Waals surface area contributed by atoms with Crippen LogP contribution in [0, 0.1) is 0 Å². The van der Waals surface area contributed by atoms with E-state index in [9.17, 15) is 9.59 Å². The first kappa shape index (κ1) is 20.6. The van der Waals surface area contributed by atoms with Crippen LogP contribution in [0.2, 0.25) is 0 Å². The first-order valence-corrected chi connectivity index (χ1v) is 11.0. The van der Waals surface area contributed by atoms with Gasteiger partial charge in [-0.2, -0.15) is 5.10 Å². The van der Waals surface area contributed by atoms with Crippen molar-refractivity contribution in [1.82, 2.24) is 24.6 Å². The molecule has 2 aromatic heterocycles.